The van der Waals surface area contributed by atoms with Crippen LogP contribution in [-0.4, -0.2) is 56.3 Å². The maximum Gasteiger partial charge on any atom is 0.326 e. The van der Waals surface area contributed by atoms with E-state index in [4.69, 9.17) is 19.3 Å². The van der Waals surface area contributed by atoms with Crippen molar-refractivity contribution in [2.45, 2.75) is 25.8 Å². The maximum absolute atomic E-state index is 12.1. The Hall–Kier alpha value is -2.44. The van der Waals surface area contributed by atoms with Crippen LogP contribution in [0.3, 0.4) is 0 Å². The lowest BCUT2D eigenvalue weighted by molar-refractivity contribution is -0.148. The minimum Gasteiger partial charge on any atom is -0.493 e. The van der Waals surface area contributed by atoms with E-state index >= 15 is 0 Å². The van der Waals surface area contributed by atoms with E-state index in [0.717, 1.165) is 5.56 Å². The third-order valence-corrected chi connectivity index (χ3v) is 3.68. The van der Waals surface area contributed by atoms with E-state index in [9.17, 15) is 9.59 Å². The van der Waals surface area contributed by atoms with Crippen molar-refractivity contribution in [1.29, 1.82) is 0 Å². The average molecular weight is 325 g/mol. The Balaban J connectivity index is 2.85. The zero-order valence-electron chi connectivity index (χ0n) is 14.1. The van der Waals surface area contributed by atoms with Crippen LogP contribution in [0.1, 0.15) is 18.9 Å². The molecule has 0 spiro atoms. The van der Waals surface area contributed by atoms with Gasteiger partial charge in [0, 0.05) is 13.5 Å². The molecule has 0 saturated carbocycles. The Labute approximate surface area is 135 Å². The predicted molar refractivity (Wildman–Crippen MR) is 84.3 cm³/mol. The van der Waals surface area contributed by atoms with E-state index in [1.165, 1.54) is 40.2 Å². The second-order valence-corrected chi connectivity index (χ2v) is 5.05. The summed E-state index contributed by atoms with van der Waals surface area (Å²) in [5.41, 5.74) is 0.837. The van der Waals surface area contributed by atoms with Gasteiger partial charge in [-0.25, -0.2) is 4.79 Å². The molecule has 23 heavy (non-hydrogen) atoms. The fourth-order valence-corrected chi connectivity index (χ4v) is 2.09. The molecule has 0 aromatic heterocycles. The minimum atomic E-state index is -1.03. The van der Waals surface area contributed by atoms with Gasteiger partial charge in [0.05, 0.1) is 21.3 Å². The average Bonchev–Trinajstić information content (AvgIpc) is 2.56. The molecule has 0 aliphatic carbocycles. The highest BCUT2D eigenvalue weighted by Crippen LogP contribution is 2.38. The number of ether oxygens (including phenoxy) is 3. The summed E-state index contributed by atoms with van der Waals surface area (Å²) < 4.78 is 15.8. The number of carbonyl (C=O) groups is 2. The summed E-state index contributed by atoms with van der Waals surface area (Å²) >= 11 is 0. The van der Waals surface area contributed by atoms with Crippen molar-refractivity contribution in [2.24, 2.45) is 0 Å². The number of carbonyl (C=O) groups excluding carboxylic acids is 1. The summed E-state index contributed by atoms with van der Waals surface area (Å²) in [5.74, 6) is 0.243. The highest BCUT2D eigenvalue weighted by molar-refractivity contribution is 5.83. The third-order valence-electron chi connectivity index (χ3n) is 3.68. The van der Waals surface area contributed by atoms with E-state index in [-0.39, 0.29) is 12.3 Å². The van der Waals surface area contributed by atoms with Gasteiger partial charge in [-0.1, -0.05) is 0 Å². The van der Waals surface area contributed by atoms with E-state index in [1.807, 2.05) is 0 Å². The SMILES string of the molecule is COc1cc(CCC(=O)N(C)C(C)C(=O)O)cc(OC)c1OC. The first-order valence-corrected chi connectivity index (χ1v) is 7.13. The van der Waals surface area contributed by atoms with Crippen LogP contribution in [0.5, 0.6) is 17.2 Å². The van der Waals surface area contributed by atoms with Crippen molar-refractivity contribution < 1.29 is 28.9 Å². The van der Waals surface area contributed by atoms with Gasteiger partial charge < -0.3 is 24.2 Å². The summed E-state index contributed by atoms with van der Waals surface area (Å²) in [6, 6.07) is 2.69. The summed E-state index contributed by atoms with van der Waals surface area (Å²) in [5, 5.41) is 8.94. The predicted octanol–water partition coefficient (Wildman–Crippen LogP) is 1.58. The summed E-state index contributed by atoms with van der Waals surface area (Å²) in [6.45, 7) is 1.47. The first-order chi connectivity index (χ1) is 10.8. The Morgan fingerprint density at radius 1 is 1.13 bits per heavy atom. The first-order valence-electron chi connectivity index (χ1n) is 7.13. The fourth-order valence-electron chi connectivity index (χ4n) is 2.09. The number of methoxy groups -OCH3 is 3. The van der Waals surface area contributed by atoms with Crippen molar-refractivity contribution in [3.05, 3.63) is 17.7 Å². The highest BCUT2D eigenvalue weighted by Gasteiger charge is 2.21. The molecule has 0 radical (unpaired) electrons. The number of rotatable bonds is 8. The van der Waals surface area contributed by atoms with E-state index in [2.05, 4.69) is 0 Å². The van der Waals surface area contributed by atoms with E-state index in [0.29, 0.717) is 23.7 Å². The zero-order chi connectivity index (χ0) is 17.6. The maximum atomic E-state index is 12.1. The van der Waals surface area contributed by atoms with Crippen molar-refractivity contribution in [3.63, 3.8) is 0 Å². The molecule has 1 rings (SSSR count). The number of aryl methyl sites for hydroxylation is 1. The molecule has 0 aliphatic heterocycles. The Bertz CT molecular complexity index is 547. The Morgan fingerprint density at radius 3 is 2.04 bits per heavy atom. The number of hydrogen-bond donors (Lipinski definition) is 1. The van der Waals surface area contributed by atoms with Crippen LogP contribution < -0.4 is 14.2 Å². The van der Waals surface area contributed by atoms with Crippen molar-refractivity contribution in [1.82, 2.24) is 4.90 Å². The summed E-state index contributed by atoms with van der Waals surface area (Å²) in [6.07, 6.45) is 0.624. The summed E-state index contributed by atoms with van der Waals surface area (Å²) in [7, 11) is 6.05. The highest BCUT2D eigenvalue weighted by atomic mass is 16.5. The molecule has 1 N–H and O–H groups in total. The number of amides is 1. The van der Waals surface area contributed by atoms with Crippen molar-refractivity contribution in [3.8, 4) is 17.2 Å². The van der Waals surface area contributed by atoms with Gasteiger partial charge in [0.2, 0.25) is 11.7 Å². The number of benzene rings is 1. The molecule has 0 fully saturated rings. The van der Waals surface area contributed by atoms with Crippen LogP contribution >= 0.6 is 0 Å². The summed E-state index contributed by atoms with van der Waals surface area (Å²) in [4.78, 5) is 24.2. The number of likely N-dealkylation sites (N-methyl/N-ethyl adjacent to an activating group) is 1. The number of carboxylic acid groups (broad SMARTS) is 1. The van der Waals surface area contributed by atoms with Gasteiger partial charge in [-0.2, -0.15) is 0 Å². The van der Waals surface area contributed by atoms with Gasteiger partial charge in [-0.05, 0) is 31.0 Å². The molecule has 0 aliphatic rings. The van der Waals surface area contributed by atoms with Crippen LogP contribution in [0.4, 0.5) is 0 Å². The van der Waals surface area contributed by atoms with Crippen LogP contribution in [0, 0.1) is 0 Å². The fraction of sp³-hybridized carbons (Fsp3) is 0.500. The Morgan fingerprint density at radius 2 is 1.65 bits per heavy atom. The molecular formula is C16H23NO6. The van der Waals surface area contributed by atoms with Crippen LogP contribution in [0.25, 0.3) is 0 Å². The molecule has 1 aromatic rings. The quantitative estimate of drug-likeness (QED) is 0.781. The number of aliphatic carboxylic acids is 1. The third kappa shape index (κ3) is 4.51. The molecule has 0 bridgehead atoms. The zero-order valence-corrected chi connectivity index (χ0v) is 14.1. The molecule has 7 nitrogen and oxygen atoms in total. The largest absolute Gasteiger partial charge is 0.493 e. The van der Waals surface area contributed by atoms with Crippen LogP contribution in [-0.2, 0) is 16.0 Å². The smallest absolute Gasteiger partial charge is 0.326 e. The monoisotopic (exact) mass is 325 g/mol. The van der Waals surface area contributed by atoms with Crippen LogP contribution in [0.15, 0.2) is 12.1 Å². The number of nitrogens with zero attached hydrogens (tertiary/aromatic N) is 1. The Kier molecular flexibility index (Phi) is 6.68. The van der Waals surface area contributed by atoms with Gasteiger partial charge in [0.15, 0.2) is 11.5 Å². The molecule has 1 aromatic carbocycles. The topological polar surface area (TPSA) is 85.3 Å². The molecule has 0 heterocycles. The van der Waals surface area contributed by atoms with Crippen molar-refractivity contribution >= 4 is 11.9 Å². The first kappa shape index (κ1) is 18.6. The standard InChI is InChI=1S/C16H23NO6/c1-10(16(19)20)17(2)14(18)7-6-11-8-12(21-3)15(23-5)13(9-11)22-4/h8-10H,6-7H2,1-5H3,(H,19,20). The van der Waals surface area contributed by atoms with E-state index in [1.54, 1.807) is 12.1 Å². The second-order valence-electron chi connectivity index (χ2n) is 5.05. The molecule has 1 unspecified atom stereocenters. The van der Waals surface area contributed by atoms with Crippen LogP contribution in [0.2, 0.25) is 0 Å². The molecular weight excluding hydrogens is 302 g/mol. The van der Waals surface area contributed by atoms with Gasteiger partial charge >= 0.3 is 5.97 Å². The lowest BCUT2D eigenvalue weighted by atomic mass is 10.1. The molecule has 128 valence electrons. The number of carboxylic acids is 1. The minimum absolute atomic E-state index is 0.187. The van der Waals surface area contributed by atoms with E-state index < -0.39 is 12.0 Å². The van der Waals surface area contributed by atoms with Crippen molar-refractivity contribution in [2.75, 3.05) is 28.4 Å². The molecule has 7 heteroatoms. The normalized spacial score (nSPS) is 11.5. The molecule has 1 atom stereocenters. The van der Waals surface area contributed by atoms with Gasteiger partial charge in [-0.3, -0.25) is 4.79 Å². The van der Waals surface area contributed by atoms with Gasteiger partial charge in [-0.15, -0.1) is 0 Å². The number of hydrogen-bond acceptors (Lipinski definition) is 5. The lowest BCUT2D eigenvalue weighted by Crippen LogP contribution is -2.40. The van der Waals surface area contributed by atoms with Gasteiger partial charge in [0.1, 0.15) is 6.04 Å². The molecule has 1 amide bonds. The lowest BCUT2D eigenvalue weighted by Gasteiger charge is -2.21. The second kappa shape index (κ2) is 8.26. The molecule has 0 saturated heterocycles. The van der Waals surface area contributed by atoms with Gasteiger partial charge in [0.25, 0.3) is 0 Å².